The number of hydrogen-bond acceptors (Lipinski definition) is 4. The van der Waals surface area contributed by atoms with Crippen molar-refractivity contribution in [2.24, 2.45) is 0 Å². The molecule has 0 amide bonds. The van der Waals surface area contributed by atoms with Crippen LogP contribution in [0.15, 0.2) is 191 Å². The second-order valence-corrected chi connectivity index (χ2v) is 15.4. The lowest BCUT2D eigenvalue weighted by Crippen LogP contribution is -2.14. The topological polar surface area (TPSA) is 52.1 Å². The van der Waals surface area contributed by atoms with Gasteiger partial charge in [0, 0.05) is 16.5 Å². The molecule has 57 heavy (non-hydrogen) atoms. The van der Waals surface area contributed by atoms with Crippen molar-refractivity contribution in [3.05, 3.63) is 193 Å². The summed E-state index contributed by atoms with van der Waals surface area (Å²) in [6.45, 7) is 4.66. The van der Waals surface area contributed by atoms with Gasteiger partial charge in [-0.1, -0.05) is 117 Å². The number of nitrogens with zero attached hydrogens (tertiary/aromatic N) is 2. The third kappa shape index (κ3) is 5.68. The summed E-state index contributed by atoms with van der Waals surface area (Å²) in [4.78, 5) is 9.45. The average Bonchev–Trinajstić information content (AvgIpc) is 3.97. The molecule has 0 N–H and O–H groups in total. The normalized spacial score (nSPS) is 12.9. The van der Waals surface area contributed by atoms with Crippen molar-refractivity contribution in [2.45, 2.75) is 19.3 Å². The SMILES string of the molecule is CC1(C)c2ccccc2-c2cc(-c3cccc(-c4cc(-c5ccc(-c6nc7ccccc7o6)cc5)cc(-c5ccc(-c6nc7ccccc7o6)cc5)c4)c3)ccc21. The number of aromatic nitrogens is 2. The van der Waals surface area contributed by atoms with E-state index in [2.05, 4.69) is 147 Å². The molecule has 0 saturated carbocycles. The molecule has 2 aromatic heterocycles. The van der Waals surface area contributed by atoms with Crippen LogP contribution in [0.2, 0.25) is 0 Å². The molecule has 8 aromatic carbocycles. The van der Waals surface area contributed by atoms with Gasteiger partial charge in [-0.2, -0.15) is 0 Å². The molecule has 4 nitrogen and oxygen atoms in total. The Balaban J connectivity index is 0.992. The zero-order valence-electron chi connectivity index (χ0n) is 31.5. The molecule has 0 saturated heterocycles. The van der Waals surface area contributed by atoms with Crippen LogP contribution in [-0.2, 0) is 5.41 Å². The summed E-state index contributed by atoms with van der Waals surface area (Å²) in [5, 5.41) is 0. The predicted molar refractivity (Wildman–Crippen MR) is 232 cm³/mol. The fraction of sp³-hybridized carbons (Fsp3) is 0.0566. The van der Waals surface area contributed by atoms with Gasteiger partial charge < -0.3 is 8.83 Å². The minimum absolute atomic E-state index is 0.0231. The molecule has 0 atom stereocenters. The molecule has 0 fully saturated rings. The highest BCUT2D eigenvalue weighted by molar-refractivity contribution is 5.87. The van der Waals surface area contributed by atoms with E-state index >= 15 is 0 Å². The lowest BCUT2D eigenvalue weighted by molar-refractivity contribution is 0.619. The third-order valence-electron chi connectivity index (χ3n) is 11.6. The first-order valence-electron chi connectivity index (χ1n) is 19.4. The van der Waals surface area contributed by atoms with Crippen LogP contribution in [0.5, 0.6) is 0 Å². The summed E-state index contributed by atoms with van der Waals surface area (Å²) in [7, 11) is 0. The van der Waals surface area contributed by atoms with Gasteiger partial charge in [0.2, 0.25) is 11.8 Å². The van der Waals surface area contributed by atoms with E-state index in [0.717, 1.165) is 66.7 Å². The van der Waals surface area contributed by atoms with E-state index in [0.29, 0.717) is 11.8 Å². The molecule has 10 aromatic rings. The Kier molecular flexibility index (Phi) is 7.48. The first-order chi connectivity index (χ1) is 27.9. The monoisotopic (exact) mass is 732 g/mol. The van der Waals surface area contributed by atoms with E-state index in [9.17, 15) is 0 Å². The van der Waals surface area contributed by atoms with E-state index < -0.39 is 0 Å². The molecule has 0 bridgehead atoms. The highest BCUT2D eigenvalue weighted by Crippen LogP contribution is 2.49. The Bertz CT molecular complexity index is 2950. The molecule has 1 aliphatic rings. The van der Waals surface area contributed by atoms with E-state index in [1.54, 1.807) is 0 Å². The van der Waals surface area contributed by atoms with E-state index in [4.69, 9.17) is 18.8 Å². The lowest BCUT2D eigenvalue weighted by Gasteiger charge is -2.21. The molecule has 1 aliphatic carbocycles. The summed E-state index contributed by atoms with van der Waals surface area (Å²) >= 11 is 0. The van der Waals surface area contributed by atoms with Crippen molar-refractivity contribution in [1.29, 1.82) is 0 Å². The molecule has 0 spiro atoms. The van der Waals surface area contributed by atoms with Crippen molar-refractivity contribution in [1.82, 2.24) is 9.97 Å². The van der Waals surface area contributed by atoms with Gasteiger partial charge >= 0.3 is 0 Å². The van der Waals surface area contributed by atoms with Crippen LogP contribution in [0, 0.1) is 0 Å². The van der Waals surface area contributed by atoms with E-state index in [1.165, 1.54) is 33.4 Å². The predicted octanol–water partition coefficient (Wildman–Crippen LogP) is 14.3. The summed E-state index contributed by atoms with van der Waals surface area (Å²) in [6, 6.07) is 64.3. The van der Waals surface area contributed by atoms with Crippen molar-refractivity contribution < 1.29 is 8.83 Å². The van der Waals surface area contributed by atoms with Gasteiger partial charge in [-0.3, -0.25) is 0 Å². The Morgan fingerprint density at radius 2 is 0.754 bits per heavy atom. The van der Waals surface area contributed by atoms with Crippen LogP contribution in [-0.4, -0.2) is 9.97 Å². The first-order valence-corrected chi connectivity index (χ1v) is 19.4. The standard InChI is InChI=1S/C53H36N2O2/c1-53(2)45-13-4-3-12-43(45)44-32-39(26-27-46(44)53)37-10-9-11-38(28-37)42-30-40(33-18-22-35(23-19-33)51-54-47-14-5-7-16-49(47)56-51)29-41(31-42)34-20-24-36(25-21-34)52-55-48-15-6-8-17-50(48)57-52/h3-32H,1-2H3. The Labute approximate surface area is 330 Å². The van der Waals surface area contributed by atoms with Crippen molar-refractivity contribution >= 4 is 22.2 Å². The average molecular weight is 733 g/mol. The fourth-order valence-corrected chi connectivity index (χ4v) is 8.51. The molecular weight excluding hydrogens is 697 g/mol. The Morgan fingerprint density at radius 3 is 1.33 bits per heavy atom. The summed E-state index contributed by atoms with van der Waals surface area (Å²) in [5.41, 5.74) is 19.7. The van der Waals surface area contributed by atoms with Gasteiger partial charge in [0.15, 0.2) is 11.2 Å². The molecule has 2 heterocycles. The van der Waals surface area contributed by atoms with Crippen LogP contribution in [0.1, 0.15) is 25.0 Å². The quantitative estimate of drug-likeness (QED) is 0.171. The van der Waals surface area contributed by atoms with Gasteiger partial charge in [-0.15, -0.1) is 0 Å². The Hall–Kier alpha value is -7.30. The number of benzene rings is 8. The van der Waals surface area contributed by atoms with Crippen LogP contribution in [0.3, 0.4) is 0 Å². The van der Waals surface area contributed by atoms with Crippen molar-refractivity contribution in [3.8, 4) is 78.5 Å². The Morgan fingerprint density at radius 1 is 0.333 bits per heavy atom. The van der Waals surface area contributed by atoms with Gasteiger partial charge in [-0.25, -0.2) is 9.97 Å². The van der Waals surface area contributed by atoms with Gasteiger partial charge in [0.25, 0.3) is 0 Å². The maximum Gasteiger partial charge on any atom is 0.227 e. The maximum atomic E-state index is 6.09. The second kappa shape index (κ2) is 12.9. The van der Waals surface area contributed by atoms with Crippen molar-refractivity contribution in [2.75, 3.05) is 0 Å². The van der Waals surface area contributed by atoms with Crippen LogP contribution in [0.25, 0.3) is 101 Å². The minimum atomic E-state index is -0.0231. The fourth-order valence-electron chi connectivity index (χ4n) is 8.51. The third-order valence-corrected chi connectivity index (χ3v) is 11.6. The number of oxazole rings is 2. The molecule has 270 valence electrons. The number of para-hydroxylation sites is 4. The van der Waals surface area contributed by atoms with Gasteiger partial charge in [-0.05, 0) is 146 Å². The zero-order valence-corrected chi connectivity index (χ0v) is 31.5. The van der Waals surface area contributed by atoms with Gasteiger partial charge in [0.1, 0.15) is 11.0 Å². The minimum Gasteiger partial charge on any atom is -0.436 e. The summed E-state index contributed by atoms with van der Waals surface area (Å²) < 4.78 is 12.2. The molecule has 0 radical (unpaired) electrons. The first kappa shape index (κ1) is 33.1. The summed E-state index contributed by atoms with van der Waals surface area (Å²) in [6.07, 6.45) is 0. The molecule has 4 heteroatoms. The maximum absolute atomic E-state index is 6.09. The molecule has 11 rings (SSSR count). The summed E-state index contributed by atoms with van der Waals surface area (Å²) in [5.74, 6) is 1.23. The van der Waals surface area contributed by atoms with E-state index in [-0.39, 0.29) is 5.41 Å². The largest absolute Gasteiger partial charge is 0.436 e. The number of fused-ring (bicyclic) bond motifs is 5. The van der Waals surface area contributed by atoms with E-state index in [1.807, 2.05) is 48.5 Å². The molecular formula is C53H36N2O2. The van der Waals surface area contributed by atoms with Crippen LogP contribution in [0.4, 0.5) is 0 Å². The van der Waals surface area contributed by atoms with Crippen LogP contribution < -0.4 is 0 Å². The number of rotatable bonds is 6. The van der Waals surface area contributed by atoms with Gasteiger partial charge in [0.05, 0.1) is 0 Å². The number of hydrogen-bond donors (Lipinski definition) is 0. The highest BCUT2D eigenvalue weighted by atomic mass is 16.4. The molecule has 0 aliphatic heterocycles. The molecule has 0 unspecified atom stereocenters. The zero-order chi connectivity index (χ0) is 38.1. The van der Waals surface area contributed by atoms with Crippen molar-refractivity contribution in [3.63, 3.8) is 0 Å². The second-order valence-electron chi connectivity index (χ2n) is 15.4. The lowest BCUT2D eigenvalue weighted by atomic mass is 9.82. The van der Waals surface area contributed by atoms with Crippen LogP contribution >= 0.6 is 0 Å². The smallest absolute Gasteiger partial charge is 0.227 e. The highest BCUT2D eigenvalue weighted by Gasteiger charge is 2.35.